The molecule has 0 bridgehead atoms. The second kappa shape index (κ2) is 10.9. The highest BCUT2D eigenvalue weighted by atomic mass is 35.5. The number of halogens is 1. The molecule has 2 aromatic rings. The van der Waals surface area contributed by atoms with Crippen molar-refractivity contribution in [1.29, 1.82) is 0 Å². The summed E-state index contributed by atoms with van der Waals surface area (Å²) < 4.78 is 11.3. The van der Waals surface area contributed by atoms with E-state index in [0.29, 0.717) is 19.2 Å². The number of aliphatic hydroxyl groups excluding tert-OH is 1. The molecule has 0 aliphatic carbocycles. The number of hydrogen-bond acceptors (Lipinski definition) is 4. The minimum atomic E-state index is -0.522. The summed E-state index contributed by atoms with van der Waals surface area (Å²) in [5, 5.41) is 13.0. The van der Waals surface area contributed by atoms with Crippen molar-refractivity contribution in [3.8, 4) is 11.5 Å². The predicted molar refractivity (Wildman–Crippen MR) is 99.1 cm³/mol. The number of benzene rings is 2. The van der Waals surface area contributed by atoms with Gasteiger partial charge in [-0.3, -0.25) is 0 Å². The lowest BCUT2D eigenvalue weighted by Crippen LogP contribution is -2.35. The zero-order valence-corrected chi connectivity index (χ0v) is 15.0. The Morgan fingerprint density at radius 2 is 1.50 bits per heavy atom. The molecule has 0 aliphatic heterocycles. The van der Waals surface area contributed by atoms with Gasteiger partial charge in [-0.05, 0) is 29.8 Å². The van der Waals surface area contributed by atoms with Crippen molar-refractivity contribution in [2.75, 3.05) is 13.2 Å². The summed E-state index contributed by atoms with van der Waals surface area (Å²) >= 11 is 0. The third-order valence-electron chi connectivity index (χ3n) is 3.28. The van der Waals surface area contributed by atoms with Crippen molar-refractivity contribution < 1.29 is 14.6 Å². The van der Waals surface area contributed by atoms with Gasteiger partial charge in [0.15, 0.2) is 0 Å². The van der Waals surface area contributed by atoms with E-state index >= 15 is 0 Å². The Bertz CT molecular complexity index is 561. The number of hydrogen-bond donors (Lipinski definition) is 2. The molecule has 24 heavy (non-hydrogen) atoms. The Labute approximate surface area is 150 Å². The summed E-state index contributed by atoms with van der Waals surface area (Å²) in [6.07, 6.45) is -0.522. The van der Waals surface area contributed by atoms with Crippen molar-refractivity contribution in [2.45, 2.75) is 32.6 Å². The lowest BCUT2D eigenvalue weighted by molar-refractivity contribution is 0.104. The molecule has 0 saturated carbocycles. The molecule has 5 heteroatoms. The smallest absolute Gasteiger partial charge is 0.120 e. The van der Waals surface area contributed by atoms with Crippen LogP contribution in [-0.2, 0) is 6.61 Å². The first-order valence-corrected chi connectivity index (χ1v) is 7.94. The molecule has 0 saturated heterocycles. The molecule has 2 rings (SSSR count). The summed E-state index contributed by atoms with van der Waals surface area (Å²) in [4.78, 5) is 0. The van der Waals surface area contributed by atoms with Gasteiger partial charge in [-0.25, -0.2) is 0 Å². The molecule has 0 fully saturated rings. The number of ether oxygens (including phenoxy) is 2. The molecule has 4 nitrogen and oxygen atoms in total. The highest BCUT2D eigenvalue weighted by Crippen LogP contribution is 2.18. The van der Waals surface area contributed by atoms with Gasteiger partial charge in [0.25, 0.3) is 0 Å². The highest BCUT2D eigenvalue weighted by Gasteiger charge is 2.06. The molecule has 0 amide bonds. The van der Waals surface area contributed by atoms with Crippen LogP contribution >= 0.6 is 12.4 Å². The van der Waals surface area contributed by atoms with E-state index < -0.39 is 6.10 Å². The van der Waals surface area contributed by atoms with Gasteiger partial charge in [0.2, 0.25) is 0 Å². The van der Waals surface area contributed by atoms with Crippen LogP contribution in [0.1, 0.15) is 19.4 Å². The zero-order chi connectivity index (χ0) is 16.5. The monoisotopic (exact) mass is 351 g/mol. The molecule has 0 spiro atoms. The van der Waals surface area contributed by atoms with E-state index in [1.165, 1.54) is 0 Å². The van der Waals surface area contributed by atoms with E-state index in [0.717, 1.165) is 17.1 Å². The molecule has 2 N–H and O–H groups in total. The van der Waals surface area contributed by atoms with E-state index in [1.54, 1.807) is 0 Å². The summed E-state index contributed by atoms with van der Waals surface area (Å²) in [6, 6.07) is 17.8. The average molecular weight is 352 g/mol. The summed E-state index contributed by atoms with van der Waals surface area (Å²) in [5.74, 6) is 1.52. The lowest BCUT2D eigenvalue weighted by Gasteiger charge is -2.15. The zero-order valence-electron chi connectivity index (χ0n) is 14.1. The van der Waals surface area contributed by atoms with Crippen molar-refractivity contribution in [2.24, 2.45) is 0 Å². The SMILES string of the molecule is CC(C)NCC(O)COc1ccc(OCc2ccccc2)cc1.Cl. The van der Waals surface area contributed by atoms with Crippen LogP contribution < -0.4 is 14.8 Å². The molecule has 0 heterocycles. The maximum Gasteiger partial charge on any atom is 0.120 e. The molecule has 0 radical (unpaired) electrons. The maximum atomic E-state index is 9.81. The summed E-state index contributed by atoms with van der Waals surface area (Å²) in [7, 11) is 0. The maximum absolute atomic E-state index is 9.81. The molecule has 2 aromatic carbocycles. The highest BCUT2D eigenvalue weighted by molar-refractivity contribution is 5.85. The molecular formula is C19H26ClNO3. The van der Waals surface area contributed by atoms with Gasteiger partial charge in [-0.2, -0.15) is 0 Å². The molecular weight excluding hydrogens is 326 g/mol. The number of nitrogens with one attached hydrogen (secondary N) is 1. The van der Waals surface area contributed by atoms with Gasteiger partial charge in [0.05, 0.1) is 0 Å². The van der Waals surface area contributed by atoms with Crippen LogP contribution in [0.4, 0.5) is 0 Å². The summed E-state index contributed by atoms with van der Waals surface area (Å²) in [5.41, 5.74) is 1.13. The minimum Gasteiger partial charge on any atom is -0.491 e. The third kappa shape index (κ3) is 7.68. The van der Waals surface area contributed by atoms with E-state index in [4.69, 9.17) is 9.47 Å². The molecule has 1 unspecified atom stereocenters. The Morgan fingerprint density at radius 3 is 2.08 bits per heavy atom. The Kier molecular flexibility index (Phi) is 9.23. The van der Waals surface area contributed by atoms with Gasteiger partial charge in [-0.15, -0.1) is 12.4 Å². The van der Waals surface area contributed by atoms with Gasteiger partial charge in [-0.1, -0.05) is 44.2 Å². The standard InChI is InChI=1S/C19H25NO3.ClH/c1-15(2)20-12-17(21)14-23-19-10-8-18(9-11-19)22-13-16-6-4-3-5-7-16;/h3-11,15,17,20-21H,12-14H2,1-2H3;1H. The summed E-state index contributed by atoms with van der Waals surface area (Å²) in [6.45, 7) is 5.42. The fraction of sp³-hybridized carbons (Fsp3) is 0.368. The molecule has 0 aliphatic rings. The van der Waals surface area contributed by atoms with Crippen LogP contribution in [0.2, 0.25) is 0 Å². The van der Waals surface area contributed by atoms with Crippen molar-refractivity contribution >= 4 is 12.4 Å². The van der Waals surface area contributed by atoms with Crippen LogP contribution in [0.25, 0.3) is 0 Å². The van der Waals surface area contributed by atoms with Gasteiger partial charge in [0.1, 0.15) is 30.8 Å². The molecule has 132 valence electrons. The second-order valence-electron chi connectivity index (χ2n) is 5.77. The molecule has 1 atom stereocenters. The lowest BCUT2D eigenvalue weighted by atomic mass is 10.2. The third-order valence-corrected chi connectivity index (χ3v) is 3.28. The first kappa shape index (κ1) is 20.3. The number of aliphatic hydroxyl groups is 1. The van der Waals surface area contributed by atoms with E-state index in [2.05, 4.69) is 5.32 Å². The van der Waals surface area contributed by atoms with E-state index in [-0.39, 0.29) is 19.0 Å². The van der Waals surface area contributed by atoms with E-state index in [1.807, 2.05) is 68.4 Å². The number of rotatable bonds is 9. The van der Waals surface area contributed by atoms with Crippen LogP contribution in [0.5, 0.6) is 11.5 Å². The van der Waals surface area contributed by atoms with Crippen LogP contribution in [0.15, 0.2) is 54.6 Å². The normalized spacial score (nSPS) is 11.7. The Balaban J connectivity index is 0.00000288. The van der Waals surface area contributed by atoms with Gasteiger partial charge < -0.3 is 19.9 Å². The largest absolute Gasteiger partial charge is 0.491 e. The topological polar surface area (TPSA) is 50.7 Å². The second-order valence-corrected chi connectivity index (χ2v) is 5.77. The quantitative estimate of drug-likeness (QED) is 0.726. The fourth-order valence-electron chi connectivity index (χ4n) is 2.00. The van der Waals surface area contributed by atoms with E-state index in [9.17, 15) is 5.11 Å². The predicted octanol–water partition coefficient (Wildman–Crippen LogP) is 3.43. The minimum absolute atomic E-state index is 0. The van der Waals surface area contributed by atoms with Crippen LogP contribution in [0, 0.1) is 0 Å². The molecule has 0 aromatic heterocycles. The van der Waals surface area contributed by atoms with Crippen LogP contribution in [-0.4, -0.2) is 30.4 Å². The van der Waals surface area contributed by atoms with Crippen molar-refractivity contribution in [3.63, 3.8) is 0 Å². The first-order chi connectivity index (χ1) is 11.1. The fourth-order valence-corrected chi connectivity index (χ4v) is 2.00. The van der Waals surface area contributed by atoms with Gasteiger partial charge >= 0.3 is 0 Å². The van der Waals surface area contributed by atoms with Gasteiger partial charge in [0, 0.05) is 12.6 Å². The van der Waals surface area contributed by atoms with Crippen molar-refractivity contribution in [1.82, 2.24) is 5.32 Å². The Hall–Kier alpha value is -1.75. The Morgan fingerprint density at radius 1 is 0.917 bits per heavy atom. The van der Waals surface area contributed by atoms with Crippen LogP contribution in [0.3, 0.4) is 0 Å². The first-order valence-electron chi connectivity index (χ1n) is 7.94. The average Bonchev–Trinajstić information content (AvgIpc) is 2.58. The van der Waals surface area contributed by atoms with Crippen molar-refractivity contribution in [3.05, 3.63) is 60.2 Å².